The summed E-state index contributed by atoms with van der Waals surface area (Å²) in [6.07, 6.45) is 3.92. The molecule has 0 saturated carbocycles. The van der Waals surface area contributed by atoms with E-state index in [9.17, 15) is 8.78 Å². The molecule has 1 aromatic heterocycles. The number of anilines is 1. The number of piperidine rings is 2. The lowest BCUT2D eigenvalue weighted by Gasteiger charge is -2.45. The fraction of sp³-hybridized carbons (Fsp3) is 0.519. The minimum atomic E-state index is -2.60. The number of rotatable bonds is 4. The third kappa shape index (κ3) is 4.16. The van der Waals surface area contributed by atoms with Gasteiger partial charge in [-0.1, -0.05) is 6.07 Å². The van der Waals surface area contributed by atoms with Crippen LogP contribution in [0.25, 0.3) is 10.9 Å². The molecule has 0 bridgehead atoms. The van der Waals surface area contributed by atoms with Crippen molar-refractivity contribution in [2.75, 3.05) is 44.2 Å². The summed E-state index contributed by atoms with van der Waals surface area (Å²) in [5.74, 6) is -1.37. The van der Waals surface area contributed by atoms with Crippen molar-refractivity contribution in [3.63, 3.8) is 0 Å². The Bertz CT molecular complexity index is 1220. The van der Waals surface area contributed by atoms with Gasteiger partial charge in [-0.3, -0.25) is 10.00 Å². The second-order valence-electron chi connectivity index (χ2n) is 10.6. The molecule has 6 rings (SSSR count). The van der Waals surface area contributed by atoms with E-state index >= 15 is 8.78 Å². The number of aromatic nitrogens is 2. The molecule has 1 atom stereocenters. The predicted octanol–water partition coefficient (Wildman–Crippen LogP) is 5.02. The van der Waals surface area contributed by atoms with Crippen molar-refractivity contribution >= 4 is 16.6 Å². The van der Waals surface area contributed by atoms with E-state index in [2.05, 4.69) is 20.4 Å². The predicted molar refractivity (Wildman–Crippen MR) is 132 cm³/mol. The number of halogens is 4. The molecule has 2 saturated heterocycles. The highest BCUT2D eigenvalue weighted by Crippen LogP contribution is 2.43. The van der Waals surface area contributed by atoms with Gasteiger partial charge >= 0.3 is 0 Å². The average Bonchev–Trinajstić information content (AvgIpc) is 3.34. The molecular formula is C27H31F4N5. The van der Waals surface area contributed by atoms with Crippen molar-refractivity contribution in [3.05, 3.63) is 58.8 Å². The molecule has 5 nitrogen and oxygen atoms in total. The lowest BCUT2D eigenvalue weighted by Crippen LogP contribution is -2.45. The first kappa shape index (κ1) is 23.7. The monoisotopic (exact) mass is 501 g/mol. The Morgan fingerprint density at radius 1 is 1.00 bits per heavy atom. The van der Waals surface area contributed by atoms with Gasteiger partial charge in [-0.25, -0.2) is 17.6 Å². The first-order valence-corrected chi connectivity index (χ1v) is 12.9. The molecular weight excluding hydrogens is 470 g/mol. The van der Waals surface area contributed by atoms with Crippen LogP contribution in [0, 0.1) is 17.0 Å². The van der Waals surface area contributed by atoms with Crippen molar-refractivity contribution < 1.29 is 17.6 Å². The van der Waals surface area contributed by atoms with Gasteiger partial charge in [0.05, 0.1) is 24.3 Å². The van der Waals surface area contributed by atoms with Crippen LogP contribution < -0.4 is 10.2 Å². The molecule has 1 unspecified atom stereocenters. The second kappa shape index (κ2) is 9.34. The summed E-state index contributed by atoms with van der Waals surface area (Å²) in [4.78, 5) is 3.56. The summed E-state index contributed by atoms with van der Waals surface area (Å²) in [6.45, 7) is 3.33. The van der Waals surface area contributed by atoms with E-state index < -0.39 is 30.6 Å². The van der Waals surface area contributed by atoms with E-state index in [1.54, 1.807) is 18.3 Å². The number of nitrogens with one attached hydrogen (secondary N) is 2. The summed E-state index contributed by atoms with van der Waals surface area (Å²) in [5, 5.41) is 11.3. The van der Waals surface area contributed by atoms with Gasteiger partial charge < -0.3 is 10.2 Å². The number of hydrogen-bond donors (Lipinski definition) is 2. The molecule has 3 aliphatic rings. The van der Waals surface area contributed by atoms with Crippen molar-refractivity contribution in [3.8, 4) is 0 Å². The van der Waals surface area contributed by atoms with Crippen LogP contribution in [-0.4, -0.2) is 60.8 Å². The van der Waals surface area contributed by atoms with Gasteiger partial charge in [0.15, 0.2) is 0 Å². The maximum absolute atomic E-state index is 15.7. The number of alkyl halides is 2. The minimum absolute atomic E-state index is 0.157. The normalized spacial score (nSPS) is 22.5. The van der Waals surface area contributed by atoms with Crippen LogP contribution in [0.15, 0.2) is 30.5 Å². The zero-order chi connectivity index (χ0) is 24.9. The Morgan fingerprint density at radius 3 is 2.42 bits per heavy atom. The number of fused-ring (bicyclic) bond motifs is 3. The highest BCUT2D eigenvalue weighted by molar-refractivity contribution is 5.83. The van der Waals surface area contributed by atoms with E-state index in [1.165, 1.54) is 17.0 Å². The van der Waals surface area contributed by atoms with Gasteiger partial charge in [-0.15, -0.1) is 0 Å². The fourth-order valence-corrected chi connectivity index (χ4v) is 6.63. The number of nitrogens with zero attached hydrogens (tertiary/aromatic N) is 3. The van der Waals surface area contributed by atoms with Gasteiger partial charge in [0.1, 0.15) is 11.6 Å². The van der Waals surface area contributed by atoms with E-state index in [4.69, 9.17) is 0 Å². The van der Waals surface area contributed by atoms with Gasteiger partial charge in [-0.2, -0.15) is 5.10 Å². The SMILES string of the molecule is Fc1cc(N2CCC3(CCNCC3)CC2)cc(F)c1C1c2ccc3[nH]ncc3c2CCN1CC(F)F. The molecule has 2 fully saturated rings. The van der Waals surface area contributed by atoms with Crippen LogP contribution in [0.5, 0.6) is 0 Å². The van der Waals surface area contributed by atoms with Crippen molar-refractivity contribution in [1.82, 2.24) is 20.4 Å². The van der Waals surface area contributed by atoms with Crippen LogP contribution in [0.2, 0.25) is 0 Å². The Hall–Kier alpha value is -2.65. The van der Waals surface area contributed by atoms with Crippen molar-refractivity contribution in [2.24, 2.45) is 5.41 Å². The first-order valence-electron chi connectivity index (χ1n) is 12.9. The van der Waals surface area contributed by atoms with E-state index in [0.29, 0.717) is 23.1 Å². The quantitative estimate of drug-likeness (QED) is 0.493. The highest BCUT2D eigenvalue weighted by atomic mass is 19.3. The molecule has 0 amide bonds. The lowest BCUT2D eigenvalue weighted by molar-refractivity contribution is 0.0688. The zero-order valence-corrected chi connectivity index (χ0v) is 20.2. The number of benzene rings is 2. The van der Waals surface area contributed by atoms with E-state index in [-0.39, 0.29) is 12.1 Å². The Labute approximate surface area is 207 Å². The summed E-state index contributed by atoms with van der Waals surface area (Å²) in [7, 11) is 0. The number of H-pyrrole nitrogens is 1. The van der Waals surface area contributed by atoms with Gasteiger partial charge in [0.25, 0.3) is 6.43 Å². The minimum Gasteiger partial charge on any atom is -0.371 e. The molecule has 0 aliphatic carbocycles. The van der Waals surface area contributed by atoms with Crippen molar-refractivity contribution in [1.29, 1.82) is 0 Å². The third-order valence-corrected chi connectivity index (χ3v) is 8.64. The third-order valence-electron chi connectivity index (χ3n) is 8.64. The second-order valence-corrected chi connectivity index (χ2v) is 10.6. The van der Waals surface area contributed by atoms with E-state index in [1.807, 2.05) is 0 Å². The van der Waals surface area contributed by atoms with Gasteiger partial charge in [0, 0.05) is 36.3 Å². The highest BCUT2D eigenvalue weighted by Gasteiger charge is 2.38. The lowest BCUT2D eigenvalue weighted by atomic mass is 9.71. The number of hydrogen-bond acceptors (Lipinski definition) is 4. The molecule has 2 aromatic carbocycles. The maximum atomic E-state index is 15.7. The summed E-state index contributed by atoms with van der Waals surface area (Å²) in [5.41, 5.74) is 3.09. The topological polar surface area (TPSA) is 47.2 Å². The molecule has 2 N–H and O–H groups in total. The Balaban J connectivity index is 1.34. The standard InChI is InChI=1S/C27H31F4N5/c28-21-13-17(35-11-6-27(7-12-35)4-8-32-9-5-27)14-22(29)25(21)26-19-1-2-23-20(15-33-34-23)18(19)3-10-36(26)16-24(30)31/h1-2,13-15,24,26,32H,3-12,16H2,(H,33,34). The van der Waals surface area contributed by atoms with Crippen LogP contribution in [0.3, 0.4) is 0 Å². The molecule has 9 heteroatoms. The zero-order valence-electron chi connectivity index (χ0n) is 20.2. The van der Waals surface area contributed by atoms with Gasteiger partial charge in [0.2, 0.25) is 0 Å². The summed E-state index contributed by atoms with van der Waals surface area (Å²) in [6, 6.07) is 5.45. The number of aromatic amines is 1. The summed E-state index contributed by atoms with van der Waals surface area (Å²) >= 11 is 0. The van der Waals surface area contributed by atoms with Gasteiger partial charge in [-0.05, 0) is 79.9 Å². The molecule has 3 aromatic rings. The smallest absolute Gasteiger partial charge is 0.251 e. The first-order chi connectivity index (χ1) is 17.4. The van der Waals surface area contributed by atoms with Crippen molar-refractivity contribution in [2.45, 2.75) is 44.6 Å². The molecule has 0 radical (unpaired) electrons. The fourth-order valence-electron chi connectivity index (χ4n) is 6.63. The Morgan fingerprint density at radius 2 is 1.72 bits per heavy atom. The molecule has 3 aliphatic heterocycles. The summed E-state index contributed by atoms with van der Waals surface area (Å²) < 4.78 is 58.5. The largest absolute Gasteiger partial charge is 0.371 e. The van der Waals surface area contributed by atoms with Crippen LogP contribution in [0.4, 0.5) is 23.2 Å². The maximum Gasteiger partial charge on any atom is 0.251 e. The molecule has 36 heavy (non-hydrogen) atoms. The molecule has 192 valence electrons. The molecule has 1 spiro atoms. The van der Waals surface area contributed by atoms with Crippen LogP contribution in [0.1, 0.15) is 48.4 Å². The Kier molecular flexibility index (Phi) is 6.16. The van der Waals surface area contributed by atoms with Crippen LogP contribution >= 0.6 is 0 Å². The van der Waals surface area contributed by atoms with Crippen LogP contribution in [-0.2, 0) is 6.42 Å². The van der Waals surface area contributed by atoms with E-state index in [0.717, 1.165) is 68.3 Å². The average molecular weight is 502 g/mol. The molecule has 4 heterocycles.